The molecule has 0 heterocycles. The van der Waals surface area contributed by atoms with Gasteiger partial charge in [0.2, 0.25) is 0 Å². The zero-order chi connectivity index (χ0) is 14.7. The molecule has 20 heavy (non-hydrogen) atoms. The van der Waals surface area contributed by atoms with Gasteiger partial charge in [-0.05, 0) is 0 Å². The molecule has 0 unspecified atom stereocenters. The zero-order valence-corrected chi connectivity index (χ0v) is 20.4. The van der Waals surface area contributed by atoms with Crippen LogP contribution in [0.1, 0.15) is 110 Å². The molecule has 0 amide bonds. The molecule has 0 N–H and O–H groups in total. The fourth-order valence-corrected chi connectivity index (χ4v) is 6.59. The maximum absolute atomic E-state index is 5.89. The van der Waals surface area contributed by atoms with E-state index >= 15 is 0 Å². The second-order valence-electron chi connectivity index (χ2n) is 6.35. The van der Waals surface area contributed by atoms with Crippen LogP contribution in [0, 0.1) is 0 Å². The number of hydrogen-bond acceptors (Lipinski definition) is 0. The van der Waals surface area contributed by atoms with E-state index in [1.807, 2.05) is 0 Å². The van der Waals surface area contributed by atoms with E-state index in [2.05, 4.69) is 6.92 Å². The monoisotopic (exact) mass is 490 g/mol. The van der Waals surface area contributed by atoms with Crippen molar-refractivity contribution >= 4 is 8.25 Å². The first-order valence-corrected chi connectivity index (χ1v) is 20.1. The molecule has 118 valence electrons. The van der Waals surface area contributed by atoms with E-state index in [1.54, 1.807) is 0 Å². The van der Waals surface area contributed by atoms with Gasteiger partial charge in [-0.15, -0.1) is 0 Å². The summed E-state index contributed by atoms with van der Waals surface area (Å²) in [6.45, 7) is 2.29. The number of halogens is 1. The van der Waals surface area contributed by atoms with Crippen molar-refractivity contribution in [3.63, 3.8) is 0 Å². The Morgan fingerprint density at radius 1 is 0.500 bits per heavy atom. The van der Waals surface area contributed by atoms with Gasteiger partial charge in [0.1, 0.15) is 0 Å². The van der Waals surface area contributed by atoms with Gasteiger partial charge in [0.05, 0.1) is 0 Å². The first-order valence-electron chi connectivity index (χ1n) is 9.47. The molecular weight excluding hydrogens is 452 g/mol. The third-order valence-electron chi connectivity index (χ3n) is 4.24. The van der Waals surface area contributed by atoms with E-state index in [0.717, 1.165) is 0 Å². The van der Waals surface area contributed by atoms with Crippen LogP contribution < -0.4 is 0 Å². The normalized spacial score (nSPS) is 10.7. The minimum atomic E-state index is -0.793. The van der Waals surface area contributed by atoms with E-state index in [1.165, 1.54) is 107 Å². The van der Waals surface area contributed by atoms with E-state index in [9.17, 15) is 0 Å². The molecule has 0 aliphatic heterocycles. The van der Waals surface area contributed by atoms with Gasteiger partial charge in [0, 0.05) is 0 Å². The van der Waals surface area contributed by atoms with Crippen LogP contribution in [0.15, 0.2) is 0 Å². The van der Waals surface area contributed by atoms with Crippen LogP contribution in [-0.4, -0.2) is 0 Å². The Kier molecular flexibility index (Phi) is 21.5. The third kappa shape index (κ3) is 19.2. The average Bonchev–Trinajstić information content (AvgIpc) is 2.47. The molecule has 0 radical (unpaired) electrons. The van der Waals surface area contributed by atoms with Crippen LogP contribution in [0.3, 0.4) is 0 Å². The first kappa shape index (κ1) is 21.2. The molecule has 0 aliphatic rings. The molecule has 0 aliphatic carbocycles. The second kappa shape index (κ2) is 20.2. The van der Waals surface area contributed by atoms with Gasteiger partial charge in [-0.1, -0.05) is 39.0 Å². The third-order valence-corrected chi connectivity index (χ3v) is 9.57. The summed E-state index contributed by atoms with van der Waals surface area (Å²) in [6.07, 6.45) is 23.4. The first-order chi connectivity index (χ1) is 9.91. The summed E-state index contributed by atoms with van der Waals surface area (Å²) >= 11 is -0.793. The Hall–Kier alpha value is 1.23. The predicted octanol–water partition coefficient (Wildman–Crippen LogP) is 7.90. The van der Waals surface area contributed by atoms with Crippen molar-refractivity contribution in [2.45, 2.75) is 114 Å². The SMILES string of the molecule is CCCCCCCCCCCCCCCCC[CH2][Hg][Cl]. The number of hydrogen-bond donors (Lipinski definition) is 0. The molecule has 0 atom stereocenters. The fraction of sp³-hybridized carbons (Fsp3) is 1.00. The maximum atomic E-state index is 5.89. The summed E-state index contributed by atoms with van der Waals surface area (Å²) in [6, 6.07) is 0. The fourth-order valence-electron chi connectivity index (χ4n) is 2.82. The van der Waals surface area contributed by atoms with Gasteiger partial charge in [0.25, 0.3) is 0 Å². The van der Waals surface area contributed by atoms with Gasteiger partial charge < -0.3 is 0 Å². The van der Waals surface area contributed by atoms with Crippen molar-refractivity contribution in [3.05, 3.63) is 0 Å². The van der Waals surface area contributed by atoms with Crippen molar-refractivity contribution in [3.8, 4) is 0 Å². The van der Waals surface area contributed by atoms with Crippen molar-refractivity contribution in [1.82, 2.24) is 0 Å². The number of rotatable bonds is 17. The molecule has 0 fully saturated rings. The van der Waals surface area contributed by atoms with E-state index < -0.39 is 23.3 Å². The Morgan fingerprint density at radius 2 is 0.800 bits per heavy atom. The summed E-state index contributed by atoms with van der Waals surface area (Å²) in [7, 11) is 5.89. The van der Waals surface area contributed by atoms with E-state index in [4.69, 9.17) is 8.25 Å². The topological polar surface area (TPSA) is 0 Å². The van der Waals surface area contributed by atoms with Gasteiger partial charge in [0.15, 0.2) is 0 Å². The molecule has 0 spiro atoms. The van der Waals surface area contributed by atoms with Gasteiger partial charge in [-0.25, -0.2) is 0 Å². The second-order valence-corrected chi connectivity index (χ2v) is 13.9. The predicted molar refractivity (Wildman–Crippen MR) is 90.2 cm³/mol. The Balaban J connectivity index is 2.89. The molecule has 0 saturated heterocycles. The Labute approximate surface area is 144 Å². The Morgan fingerprint density at radius 3 is 1.10 bits per heavy atom. The number of unbranched alkanes of at least 4 members (excludes halogenated alkanes) is 15. The summed E-state index contributed by atoms with van der Waals surface area (Å²) in [4.78, 5) is 0. The van der Waals surface area contributed by atoms with E-state index in [-0.39, 0.29) is 0 Å². The summed E-state index contributed by atoms with van der Waals surface area (Å²) in [5, 5.41) is 0. The van der Waals surface area contributed by atoms with Crippen molar-refractivity contribution in [2.24, 2.45) is 0 Å². The summed E-state index contributed by atoms with van der Waals surface area (Å²) < 4.78 is 1.43. The quantitative estimate of drug-likeness (QED) is 0.144. The standard InChI is InChI=1S/C18H37.ClH.Hg/c1-3-5-7-9-11-13-15-17-18-16-14-12-10-8-6-4-2;;/h1,3-18H2,2H3;1H;/q;;+1/p-1. The van der Waals surface area contributed by atoms with Crippen LogP contribution in [-0.2, 0) is 23.3 Å². The molecule has 0 aromatic rings. The zero-order valence-electron chi connectivity index (χ0n) is 14.1. The van der Waals surface area contributed by atoms with Crippen molar-refractivity contribution < 1.29 is 23.3 Å². The van der Waals surface area contributed by atoms with E-state index in [0.29, 0.717) is 0 Å². The van der Waals surface area contributed by atoms with Crippen LogP contribution >= 0.6 is 8.25 Å². The summed E-state index contributed by atoms with van der Waals surface area (Å²) in [5.41, 5.74) is 0. The Bertz CT molecular complexity index is 143. The summed E-state index contributed by atoms with van der Waals surface area (Å²) in [5.74, 6) is 0. The van der Waals surface area contributed by atoms with Crippen LogP contribution in [0.4, 0.5) is 0 Å². The van der Waals surface area contributed by atoms with Gasteiger partial charge in [-0.2, -0.15) is 0 Å². The molecule has 0 nitrogen and oxygen atoms in total. The van der Waals surface area contributed by atoms with Gasteiger partial charge in [-0.3, -0.25) is 0 Å². The van der Waals surface area contributed by atoms with Crippen LogP contribution in [0.2, 0.25) is 3.93 Å². The molecule has 2 heteroatoms. The molecular formula is C18H37ClHg. The average molecular weight is 490 g/mol. The van der Waals surface area contributed by atoms with Crippen molar-refractivity contribution in [1.29, 1.82) is 0 Å². The van der Waals surface area contributed by atoms with Crippen LogP contribution in [0.5, 0.6) is 0 Å². The van der Waals surface area contributed by atoms with Gasteiger partial charge >= 0.3 is 106 Å². The molecule has 0 rings (SSSR count). The van der Waals surface area contributed by atoms with Crippen molar-refractivity contribution in [2.75, 3.05) is 0 Å². The minimum absolute atomic E-state index is 0.793. The molecule has 0 saturated carbocycles. The molecule has 0 bridgehead atoms. The molecule has 0 aromatic heterocycles. The molecule has 0 aromatic carbocycles. The van der Waals surface area contributed by atoms with Crippen LogP contribution in [0.25, 0.3) is 0 Å².